The quantitative estimate of drug-likeness (QED) is 0.0825. The third kappa shape index (κ3) is 13.4. The van der Waals surface area contributed by atoms with Crippen LogP contribution in [0.5, 0.6) is 0 Å². The summed E-state index contributed by atoms with van der Waals surface area (Å²) in [5.41, 5.74) is 7.07. The predicted octanol–water partition coefficient (Wildman–Crippen LogP) is 4.42. The molecule has 0 saturated carbocycles. The minimum atomic E-state index is -4.19. The summed E-state index contributed by atoms with van der Waals surface area (Å²) in [6.07, 6.45) is 13.6. The third-order valence-electron chi connectivity index (χ3n) is 9.04. The van der Waals surface area contributed by atoms with E-state index >= 15 is 0 Å². The van der Waals surface area contributed by atoms with Crippen molar-refractivity contribution in [1.82, 2.24) is 0 Å². The molecule has 9 nitrogen and oxygen atoms in total. The molecule has 0 bridgehead atoms. The molecule has 0 aromatic heterocycles. The first-order chi connectivity index (χ1) is 23.2. The number of fused-ring (bicyclic) bond motifs is 2. The fourth-order valence-electron chi connectivity index (χ4n) is 5.94. The Balaban J connectivity index is 0.000000944. The van der Waals surface area contributed by atoms with E-state index in [0.29, 0.717) is 19.4 Å². The van der Waals surface area contributed by atoms with E-state index in [2.05, 4.69) is 117 Å². The van der Waals surface area contributed by atoms with Gasteiger partial charge in [-0.05, 0) is 44.9 Å². The van der Waals surface area contributed by atoms with Gasteiger partial charge in [0.25, 0.3) is 0 Å². The molecular formula is C39H53N2NaO7S2. The number of hydrogen-bond acceptors (Lipinski definition) is 8. The Kier molecular flexibility index (Phi) is 18.1. The average molecular weight is 749 g/mol. The van der Waals surface area contributed by atoms with Crippen LogP contribution >= 0.6 is 0 Å². The summed E-state index contributed by atoms with van der Waals surface area (Å²) in [5.74, 6) is -0.0759. The van der Waals surface area contributed by atoms with Crippen molar-refractivity contribution in [3.63, 3.8) is 0 Å². The van der Waals surface area contributed by atoms with Crippen molar-refractivity contribution < 1.29 is 64.5 Å². The fraction of sp³-hybridized carbons (Fsp3) is 0.462. The largest absolute Gasteiger partial charge is 1.00 e. The van der Waals surface area contributed by atoms with Gasteiger partial charge in [-0.25, -0.2) is 8.42 Å². The van der Waals surface area contributed by atoms with Crippen molar-refractivity contribution in [2.45, 2.75) is 91.9 Å². The molecule has 2 aliphatic heterocycles. The third-order valence-corrected chi connectivity index (χ3v) is 9.83. The molecular weight excluding hydrogens is 696 g/mol. The molecule has 2 heterocycles. The van der Waals surface area contributed by atoms with Crippen LogP contribution in [-0.2, 0) is 36.4 Å². The predicted molar refractivity (Wildman–Crippen MR) is 201 cm³/mol. The van der Waals surface area contributed by atoms with Gasteiger partial charge in [0.05, 0.1) is 15.5 Å². The zero-order valence-electron chi connectivity index (χ0n) is 31.7. The number of carbonyl (C=O) groups is 1. The smallest absolute Gasteiger partial charge is 0.748 e. The molecule has 2 aromatic carbocycles. The van der Waals surface area contributed by atoms with Crippen molar-refractivity contribution in [2.24, 2.45) is 5.41 Å². The van der Waals surface area contributed by atoms with Crippen LogP contribution in [-0.4, -0.2) is 60.5 Å². The summed E-state index contributed by atoms with van der Waals surface area (Å²) in [4.78, 5) is 12.9. The first-order valence-electron chi connectivity index (χ1n) is 16.8. The van der Waals surface area contributed by atoms with Crippen LogP contribution in [0.3, 0.4) is 0 Å². The number of benzene rings is 2. The molecule has 0 spiro atoms. The van der Waals surface area contributed by atoms with E-state index in [0.717, 1.165) is 30.8 Å². The van der Waals surface area contributed by atoms with Crippen LogP contribution in [0.1, 0.15) is 92.2 Å². The average Bonchev–Trinajstić information content (AvgIpc) is 3.35. The molecule has 2 aliphatic rings. The van der Waals surface area contributed by atoms with Crippen LogP contribution in [0.25, 0.3) is 0 Å². The number of nitrogens with zero attached hydrogens (tertiary/aromatic N) is 2. The number of hydrogen-bond donors (Lipinski definition) is 0. The fourth-order valence-corrected chi connectivity index (χ4v) is 6.50. The van der Waals surface area contributed by atoms with Crippen molar-refractivity contribution in [1.29, 1.82) is 0 Å². The molecule has 0 fully saturated rings. The van der Waals surface area contributed by atoms with E-state index in [1.165, 1.54) is 22.5 Å². The normalized spacial score (nSPS) is 16.6. The molecule has 0 saturated heterocycles. The van der Waals surface area contributed by atoms with Gasteiger partial charge in [0, 0.05) is 58.6 Å². The summed E-state index contributed by atoms with van der Waals surface area (Å²) in [6.45, 7) is 22.0. The van der Waals surface area contributed by atoms with Gasteiger partial charge in [-0.3, -0.25) is 4.79 Å². The van der Waals surface area contributed by atoms with E-state index in [-0.39, 0.29) is 57.3 Å². The monoisotopic (exact) mass is 748 g/mol. The zero-order chi connectivity index (χ0) is 37.9. The number of Topliss-reactive ketones (excluding diaryl/α,β-unsaturated/α-hetero) is 1. The van der Waals surface area contributed by atoms with Crippen LogP contribution < -0.4 is 34.5 Å². The van der Waals surface area contributed by atoms with E-state index in [1.54, 1.807) is 6.92 Å². The van der Waals surface area contributed by atoms with Gasteiger partial charge in [0.15, 0.2) is 5.71 Å². The first-order valence-corrected chi connectivity index (χ1v) is 19.4. The van der Waals surface area contributed by atoms with Crippen molar-refractivity contribution >= 4 is 43.6 Å². The van der Waals surface area contributed by atoms with E-state index in [1.807, 2.05) is 26.8 Å². The summed E-state index contributed by atoms with van der Waals surface area (Å²) in [6, 6.07) is 17.0. The van der Waals surface area contributed by atoms with Crippen molar-refractivity contribution in [2.75, 3.05) is 23.7 Å². The van der Waals surface area contributed by atoms with Crippen LogP contribution in [0.4, 0.5) is 11.4 Å². The van der Waals surface area contributed by atoms with Crippen molar-refractivity contribution in [3.05, 3.63) is 103 Å². The van der Waals surface area contributed by atoms with Crippen LogP contribution in [0.2, 0.25) is 0 Å². The molecule has 0 unspecified atom stereocenters. The molecule has 0 atom stereocenters. The molecule has 0 amide bonds. The molecule has 12 heteroatoms. The maximum absolute atomic E-state index is 11.1. The maximum atomic E-state index is 11.1. The number of para-hydroxylation sites is 2. The Labute approximate surface area is 329 Å². The minimum Gasteiger partial charge on any atom is -0.748 e. The second-order valence-electron chi connectivity index (χ2n) is 14.5. The minimum absolute atomic E-state index is 0. The number of carbonyl (C=O) groups excluding carboxylic acids is 1. The Bertz CT molecular complexity index is 1850. The SMILES string of the molecule is CC(=O)C(C)(C)C.O=S(=O)=O.[CH2-]CCCN1\C(=C/C=C/C=C/C2=[N+](CCCCS(=O)(=O)[O-])c3ccccc3C2(C)C)C(C)(C)c2ccccc21.[Na+]. The molecule has 0 radical (unpaired) electrons. The topological polar surface area (TPSA) is 132 Å². The van der Waals surface area contributed by atoms with Gasteiger partial charge in [-0.1, -0.05) is 95.7 Å². The van der Waals surface area contributed by atoms with Crippen LogP contribution in [0.15, 0.2) is 84.6 Å². The number of allylic oxidation sites excluding steroid dienone is 6. The Morgan fingerprint density at radius 3 is 2.00 bits per heavy atom. The van der Waals surface area contributed by atoms with E-state index in [9.17, 15) is 17.8 Å². The van der Waals surface area contributed by atoms with Crippen molar-refractivity contribution in [3.8, 4) is 0 Å². The standard InChI is InChI=1S/C33H42N2O3S.C6H12O.Na.O3S/c1-6-7-23-34-28-19-13-11-17-26(28)32(2,3)30(34)21-9-8-10-22-31-33(4,5)27-18-12-14-20-29(27)35(31)24-15-16-25-39(36,37)38;1-5(7)6(2,3)4;;1-4(2)3/h8-14,17-22H,1,6-7,15-16,23-25H2,2-5H3,(H,36,37,38);1-4H3;;/q;;+1;/p-1. The molecule has 2 aromatic rings. The van der Waals surface area contributed by atoms with Crippen LogP contribution in [0, 0.1) is 12.3 Å². The second-order valence-corrected chi connectivity index (χ2v) is 16.4. The van der Waals surface area contributed by atoms with Gasteiger partial charge < -0.3 is 16.4 Å². The van der Waals surface area contributed by atoms with Gasteiger partial charge in [-0.15, -0.1) is 12.6 Å². The number of ketones is 1. The summed E-state index contributed by atoms with van der Waals surface area (Å²) < 4.78 is 60.8. The summed E-state index contributed by atoms with van der Waals surface area (Å²) in [7, 11) is -7.30. The summed E-state index contributed by atoms with van der Waals surface area (Å²) in [5, 5.41) is 0. The number of unbranched alkanes of at least 4 members (excludes halogenated alkanes) is 2. The van der Waals surface area contributed by atoms with Gasteiger partial charge >= 0.3 is 40.2 Å². The molecule has 274 valence electrons. The molecule has 51 heavy (non-hydrogen) atoms. The number of anilines is 1. The number of rotatable bonds is 11. The summed E-state index contributed by atoms with van der Waals surface area (Å²) >= 11 is 0. The van der Waals surface area contributed by atoms with E-state index in [4.69, 9.17) is 12.6 Å². The Hall–Kier alpha value is -2.67. The molecule has 0 N–H and O–H groups in total. The van der Waals surface area contributed by atoms with Gasteiger partial charge in [-0.2, -0.15) is 11.0 Å². The molecule has 0 aliphatic carbocycles. The molecule has 4 rings (SSSR count). The maximum Gasteiger partial charge on any atom is 1.00 e. The van der Waals surface area contributed by atoms with Gasteiger partial charge in [0.1, 0.15) is 12.3 Å². The Morgan fingerprint density at radius 2 is 1.45 bits per heavy atom. The van der Waals surface area contributed by atoms with E-state index < -0.39 is 20.7 Å². The second kappa shape index (κ2) is 20.0. The first kappa shape index (κ1) is 46.4. The zero-order valence-corrected chi connectivity index (χ0v) is 35.4. The van der Waals surface area contributed by atoms with Gasteiger partial charge in [0.2, 0.25) is 5.69 Å². The Morgan fingerprint density at radius 1 is 0.902 bits per heavy atom.